The van der Waals surface area contributed by atoms with E-state index in [1.54, 1.807) is 20.4 Å². The molecule has 2 aromatic heterocycles. The highest BCUT2D eigenvalue weighted by Crippen LogP contribution is 2.42. The zero-order chi connectivity index (χ0) is 31.1. The van der Waals surface area contributed by atoms with Crippen molar-refractivity contribution in [2.45, 2.75) is 32.0 Å². The Labute approximate surface area is 266 Å². The number of carbonyl (C=O) groups is 1. The van der Waals surface area contributed by atoms with E-state index in [0.717, 1.165) is 39.8 Å². The number of aromatic nitrogens is 2. The lowest BCUT2D eigenvalue weighted by Gasteiger charge is -2.16. The van der Waals surface area contributed by atoms with Crippen molar-refractivity contribution in [2.24, 2.45) is 0 Å². The number of aliphatic hydroxyl groups is 1. The molecular formula is C33H35Cl2N5O4. The number of hydrogen-bond donors (Lipinski definition) is 4. The van der Waals surface area contributed by atoms with Crippen molar-refractivity contribution in [2.75, 3.05) is 33.9 Å². The Bertz CT molecular complexity index is 1630. The van der Waals surface area contributed by atoms with E-state index in [1.165, 1.54) is 0 Å². The van der Waals surface area contributed by atoms with E-state index in [2.05, 4.69) is 20.9 Å². The van der Waals surface area contributed by atoms with Gasteiger partial charge in [-0.05, 0) is 24.6 Å². The molecule has 1 atom stereocenters. The molecule has 11 heteroatoms. The molecule has 2 aromatic carbocycles. The summed E-state index contributed by atoms with van der Waals surface area (Å²) in [4.78, 5) is 20.8. The Morgan fingerprint density at radius 3 is 2.48 bits per heavy atom. The first-order chi connectivity index (χ1) is 21.4. The van der Waals surface area contributed by atoms with Gasteiger partial charge in [0.15, 0.2) is 0 Å². The van der Waals surface area contributed by atoms with Gasteiger partial charge < -0.3 is 30.5 Å². The number of methoxy groups -OCH3 is 2. The van der Waals surface area contributed by atoms with Crippen molar-refractivity contribution >= 4 is 29.1 Å². The minimum atomic E-state index is 0.0617. The van der Waals surface area contributed by atoms with E-state index in [9.17, 15) is 4.79 Å². The third kappa shape index (κ3) is 7.14. The number of nitrogens with zero attached hydrogens (tertiary/aromatic N) is 2. The zero-order valence-corrected chi connectivity index (χ0v) is 26.1. The zero-order valence-electron chi connectivity index (χ0n) is 24.6. The SMILES string of the molecule is COc1cc(-c2nccc(-c3cccc(-c4ccc(CNC[C@@H]5CCC(=O)N5)c(OC)n4)c3Cl)c2Cl)ccc1CNCCO. The first kappa shape index (κ1) is 31.7. The summed E-state index contributed by atoms with van der Waals surface area (Å²) >= 11 is 14.0. The second-order valence-electron chi connectivity index (χ2n) is 10.4. The van der Waals surface area contributed by atoms with Gasteiger partial charge >= 0.3 is 0 Å². The summed E-state index contributed by atoms with van der Waals surface area (Å²) in [6.07, 6.45) is 3.12. The summed E-state index contributed by atoms with van der Waals surface area (Å²) in [5.41, 5.74) is 6.17. The second kappa shape index (κ2) is 14.8. The van der Waals surface area contributed by atoms with Gasteiger partial charge in [-0.1, -0.05) is 59.6 Å². The third-order valence-corrected chi connectivity index (χ3v) is 8.33. The van der Waals surface area contributed by atoms with Crippen LogP contribution in [0.2, 0.25) is 10.0 Å². The molecule has 1 amide bonds. The lowest BCUT2D eigenvalue weighted by Crippen LogP contribution is -2.35. The van der Waals surface area contributed by atoms with Crippen LogP contribution in [0.15, 0.2) is 60.8 Å². The number of rotatable bonds is 13. The molecule has 44 heavy (non-hydrogen) atoms. The van der Waals surface area contributed by atoms with Crippen LogP contribution in [0.4, 0.5) is 0 Å². The standard InChI is InChI=1S/C33H35Cl2N5O4/c1-43-28-16-20(6-7-21(28)17-36-14-15-41)32-31(35)25(12-13-38-32)24-4-3-5-26(30(24)34)27-10-8-22(33(40-27)44-2)18-37-19-23-9-11-29(42)39-23/h3-8,10,12-13,16,23,36-37,41H,9,11,14-15,17-19H2,1-2H3,(H,39,42)/t23-/m0/s1. The van der Waals surface area contributed by atoms with Gasteiger partial charge in [-0.3, -0.25) is 9.78 Å². The maximum absolute atomic E-state index is 11.5. The number of halogens is 2. The highest BCUT2D eigenvalue weighted by Gasteiger charge is 2.21. The molecule has 1 aliphatic heterocycles. The predicted octanol–water partition coefficient (Wildman–Crippen LogP) is 5.25. The van der Waals surface area contributed by atoms with Gasteiger partial charge in [-0.2, -0.15) is 0 Å². The molecule has 0 aliphatic carbocycles. The lowest BCUT2D eigenvalue weighted by atomic mass is 9.99. The normalized spacial score (nSPS) is 14.5. The van der Waals surface area contributed by atoms with Gasteiger partial charge in [0.25, 0.3) is 0 Å². The highest BCUT2D eigenvalue weighted by atomic mass is 35.5. The van der Waals surface area contributed by atoms with Gasteiger partial charge in [0.1, 0.15) is 5.75 Å². The van der Waals surface area contributed by atoms with Crippen LogP contribution in [0.5, 0.6) is 11.6 Å². The molecule has 1 fully saturated rings. The largest absolute Gasteiger partial charge is 0.496 e. The summed E-state index contributed by atoms with van der Waals surface area (Å²) < 4.78 is 11.2. The van der Waals surface area contributed by atoms with Gasteiger partial charge in [-0.25, -0.2) is 4.98 Å². The van der Waals surface area contributed by atoms with Crippen molar-refractivity contribution in [1.29, 1.82) is 0 Å². The molecule has 4 aromatic rings. The van der Waals surface area contributed by atoms with Crippen LogP contribution in [0.1, 0.15) is 24.0 Å². The Morgan fingerprint density at radius 2 is 1.73 bits per heavy atom. The number of amides is 1. The molecule has 3 heterocycles. The molecule has 0 saturated carbocycles. The highest BCUT2D eigenvalue weighted by molar-refractivity contribution is 6.39. The van der Waals surface area contributed by atoms with E-state index < -0.39 is 0 Å². The summed E-state index contributed by atoms with van der Waals surface area (Å²) in [6, 6.07) is 17.4. The molecule has 1 saturated heterocycles. The topological polar surface area (TPSA) is 118 Å². The van der Waals surface area contributed by atoms with E-state index in [1.807, 2.05) is 54.6 Å². The van der Waals surface area contributed by atoms with Crippen molar-refractivity contribution < 1.29 is 19.4 Å². The molecule has 230 valence electrons. The van der Waals surface area contributed by atoms with Crippen LogP contribution in [0.3, 0.4) is 0 Å². The van der Waals surface area contributed by atoms with Crippen molar-refractivity contribution in [3.63, 3.8) is 0 Å². The Morgan fingerprint density at radius 1 is 0.955 bits per heavy atom. The van der Waals surface area contributed by atoms with Crippen LogP contribution >= 0.6 is 23.2 Å². The number of aliphatic hydroxyl groups excluding tert-OH is 1. The van der Waals surface area contributed by atoms with Gasteiger partial charge in [0.2, 0.25) is 11.8 Å². The average molecular weight is 637 g/mol. The number of benzene rings is 2. The Balaban J connectivity index is 1.40. The molecule has 1 aliphatic rings. The van der Waals surface area contributed by atoms with E-state index in [0.29, 0.717) is 65.7 Å². The Hall–Kier alpha value is -3.73. The summed E-state index contributed by atoms with van der Waals surface area (Å²) in [5.74, 6) is 1.29. The maximum atomic E-state index is 11.5. The number of nitrogens with one attached hydrogen (secondary N) is 3. The molecule has 0 radical (unpaired) electrons. The second-order valence-corrected chi connectivity index (χ2v) is 11.2. The van der Waals surface area contributed by atoms with Gasteiger partial charge in [0, 0.05) is 78.2 Å². The average Bonchev–Trinajstić information content (AvgIpc) is 3.46. The lowest BCUT2D eigenvalue weighted by molar-refractivity contribution is -0.119. The molecular weight excluding hydrogens is 601 g/mol. The quantitative estimate of drug-likeness (QED) is 0.147. The smallest absolute Gasteiger partial charge is 0.220 e. The minimum Gasteiger partial charge on any atom is -0.496 e. The fourth-order valence-electron chi connectivity index (χ4n) is 5.27. The van der Waals surface area contributed by atoms with Crippen LogP contribution in [-0.2, 0) is 17.9 Å². The number of carbonyl (C=O) groups excluding carboxylic acids is 1. The van der Waals surface area contributed by atoms with Gasteiger partial charge in [-0.15, -0.1) is 0 Å². The Kier molecular flexibility index (Phi) is 10.7. The minimum absolute atomic E-state index is 0.0617. The molecule has 5 rings (SSSR count). The van der Waals surface area contributed by atoms with E-state index >= 15 is 0 Å². The van der Waals surface area contributed by atoms with Crippen LogP contribution in [-0.4, -0.2) is 60.9 Å². The summed E-state index contributed by atoms with van der Waals surface area (Å²) in [6.45, 7) is 2.34. The molecule has 4 N–H and O–H groups in total. The monoisotopic (exact) mass is 635 g/mol. The summed E-state index contributed by atoms with van der Waals surface area (Å²) in [7, 11) is 3.21. The van der Waals surface area contributed by atoms with Crippen LogP contribution in [0, 0.1) is 0 Å². The van der Waals surface area contributed by atoms with E-state index in [4.69, 9.17) is 42.8 Å². The molecule has 0 spiro atoms. The van der Waals surface area contributed by atoms with Crippen molar-refractivity contribution in [3.05, 3.63) is 82.0 Å². The first-order valence-corrected chi connectivity index (χ1v) is 15.2. The first-order valence-electron chi connectivity index (χ1n) is 14.4. The van der Waals surface area contributed by atoms with Crippen LogP contribution in [0.25, 0.3) is 33.6 Å². The number of ether oxygens (including phenoxy) is 2. The maximum Gasteiger partial charge on any atom is 0.220 e. The summed E-state index contributed by atoms with van der Waals surface area (Å²) in [5, 5.41) is 19.6. The number of pyridine rings is 2. The van der Waals surface area contributed by atoms with Gasteiger partial charge in [0.05, 0.1) is 42.3 Å². The van der Waals surface area contributed by atoms with Crippen LogP contribution < -0.4 is 25.4 Å². The molecule has 0 unspecified atom stereocenters. The third-order valence-electron chi connectivity index (χ3n) is 7.54. The fraction of sp³-hybridized carbons (Fsp3) is 0.303. The number of hydrogen-bond acceptors (Lipinski definition) is 8. The molecule has 0 bridgehead atoms. The fourth-order valence-corrected chi connectivity index (χ4v) is 5.92. The van der Waals surface area contributed by atoms with E-state index in [-0.39, 0.29) is 18.6 Å². The molecule has 9 nitrogen and oxygen atoms in total. The van der Waals surface area contributed by atoms with Crippen molar-refractivity contribution in [3.8, 4) is 45.3 Å². The van der Waals surface area contributed by atoms with Crippen molar-refractivity contribution in [1.82, 2.24) is 25.9 Å². The predicted molar refractivity (Wildman–Crippen MR) is 173 cm³/mol.